The molecular formula is C28H37NO7. The van der Waals surface area contributed by atoms with Gasteiger partial charge in [-0.25, -0.2) is 4.79 Å². The van der Waals surface area contributed by atoms with Crippen molar-refractivity contribution >= 4 is 17.6 Å². The van der Waals surface area contributed by atoms with E-state index >= 15 is 0 Å². The number of rotatable bonds is 12. The molecule has 1 aromatic carbocycles. The van der Waals surface area contributed by atoms with Gasteiger partial charge in [0.15, 0.2) is 0 Å². The molecule has 3 atom stereocenters. The summed E-state index contributed by atoms with van der Waals surface area (Å²) in [5, 5.41) is 10.8. The molecule has 0 radical (unpaired) electrons. The second-order valence-corrected chi connectivity index (χ2v) is 10.2. The summed E-state index contributed by atoms with van der Waals surface area (Å²) in [5.74, 6) is -0.754. The monoisotopic (exact) mass is 499 g/mol. The molecule has 2 rings (SSSR count). The predicted molar refractivity (Wildman–Crippen MR) is 137 cm³/mol. The highest BCUT2D eigenvalue weighted by atomic mass is 16.6. The van der Waals surface area contributed by atoms with E-state index in [0.717, 1.165) is 24.0 Å². The fraction of sp³-hybridized carbons (Fsp3) is 0.536. The summed E-state index contributed by atoms with van der Waals surface area (Å²) in [6.07, 6.45) is 3.35. The molecule has 196 valence electrons. The fourth-order valence-electron chi connectivity index (χ4n) is 3.83. The minimum Gasteiger partial charge on any atom is -0.465 e. The Labute approximate surface area is 213 Å². The largest absolute Gasteiger partial charge is 0.465 e. The molecule has 0 bridgehead atoms. The standard InChI is InChI=1S/C28H37NO7/c1-7-19(2)17-24(36-26(30)21-10-12-22(13-11-21)29(32)33)14-15-25-20(3)18-23(35-25)9-8-16-34-27(31)28(4,5)6/h10-13,23-25H,1,3,8-9,14-18H2,2,4-6H3/t23-,24-,25-/m0/s1. The topological polar surface area (TPSA) is 105 Å². The number of benzene rings is 1. The molecule has 0 unspecified atom stereocenters. The van der Waals surface area contributed by atoms with Crippen LogP contribution in [0.5, 0.6) is 0 Å². The van der Waals surface area contributed by atoms with Crippen molar-refractivity contribution in [1.82, 2.24) is 0 Å². The van der Waals surface area contributed by atoms with Gasteiger partial charge in [0.2, 0.25) is 0 Å². The number of carbonyl (C=O) groups is 2. The predicted octanol–water partition coefficient (Wildman–Crippen LogP) is 6.10. The zero-order valence-electron chi connectivity index (χ0n) is 21.7. The molecule has 1 fully saturated rings. The number of hydrogen-bond acceptors (Lipinski definition) is 7. The van der Waals surface area contributed by atoms with E-state index in [-0.39, 0.29) is 29.4 Å². The molecule has 0 spiro atoms. The quantitative estimate of drug-likeness (QED) is 0.0854. The summed E-state index contributed by atoms with van der Waals surface area (Å²) in [7, 11) is 0. The molecule has 1 aliphatic heterocycles. The van der Waals surface area contributed by atoms with Crippen LogP contribution in [0.25, 0.3) is 0 Å². The SMILES string of the molecule is C=C=C(C)C[C@H](CC[C@@H]1O[C@@H](CCCOC(=O)C(C)(C)C)CC1=C)OC(=O)c1ccc([N+](=O)[O-])cc1. The third-order valence-corrected chi connectivity index (χ3v) is 5.99. The first-order valence-electron chi connectivity index (χ1n) is 12.2. The van der Waals surface area contributed by atoms with Gasteiger partial charge >= 0.3 is 11.9 Å². The maximum absolute atomic E-state index is 12.7. The Bertz CT molecular complexity index is 1000. The van der Waals surface area contributed by atoms with E-state index < -0.39 is 22.4 Å². The van der Waals surface area contributed by atoms with E-state index in [1.807, 2.05) is 27.7 Å². The Hall–Kier alpha value is -3.22. The number of nitro benzene ring substituents is 1. The van der Waals surface area contributed by atoms with Gasteiger partial charge in [0.1, 0.15) is 6.10 Å². The normalized spacial score (nSPS) is 18.3. The van der Waals surface area contributed by atoms with E-state index in [9.17, 15) is 19.7 Å². The second kappa shape index (κ2) is 13.2. The number of nitrogens with zero attached hydrogens (tertiary/aromatic N) is 1. The van der Waals surface area contributed by atoms with Crippen LogP contribution in [-0.4, -0.2) is 41.8 Å². The molecule has 0 aromatic heterocycles. The molecule has 0 amide bonds. The highest BCUT2D eigenvalue weighted by molar-refractivity contribution is 5.89. The van der Waals surface area contributed by atoms with Crippen LogP contribution in [0.3, 0.4) is 0 Å². The second-order valence-electron chi connectivity index (χ2n) is 10.2. The van der Waals surface area contributed by atoms with Crippen molar-refractivity contribution < 1.29 is 28.7 Å². The van der Waals surface area contributed by atoms with E-state index in [1.165, 1.54) is 24.3 Å². The van der Waals surface area contributed by atoms with Gasteiger partial charge in [-0.2, -0.15) is 0 Å². The molecular weight excluding hydrogens is 462 g/mol. The first-order chi connectivity index (χ1) is 16.9. The van der Waals surface area contributed by atoms with Crippen LogP contribution < -0.4 is 0 Å². The molecule has 8 heteroatoms. The van der Waals surface area contributed by atoms with E-state index in [4.69, 9.17) is 14.2 Å². The third-order valence-electron chi connectivity index (χ3n) is 5.99. The van der Waals surface area contributed by atoms with Crippen LogP contribution in [0.15, 0.2) is 54.3 Å². The lowest BCUT2D eigenvalue weighted by molar-refractivity contribution is -0.384. The number of carbonyl (C=O) groups excluding carboxylic acids is 2. The Morgan fingerprint density at radius 2 is 1.92 bits per heavy atom. The van der Waals surface area contributed by atoms with Crippen molar-refractivity contribution in [3.05, 3.63) is 70.0 Å². The van der Waals surface area contributed by atoms with Crippen molar-refractivity contribution in [3.63, 3.8) is 0 Å². The van der Waals surface area contributed by atoms with Gasteiger partial charge in [-0.3, -0.25) is 14.9 Å². The maximum atomic E-state index is 12.7. The molecule has 1 aliphatic rings. The van der Waals surface area contributed by atoms with Crippen molar-refractivity contribution in [2.24, 2.45) is 5.41 Å². The lowest BCUT2D eigenvalue weighted by atomic mass is 9.97. The Kier molecular flexibility index (Phi) is 10.6. The average molecular weight is 500 g/mol. The van der Waals surface area contributed by atoms with Gasteiger partial charge in [0.25, 0.3) is 5.69 Å². The van der Waals surface area contributed by atoms with Crippen LogP contribution in [-0.2, 0) is 19.0 Å². The first-order valence-corrected chi connectivity index (χ1v) is 12.2. The van der Waals surface area contributed by atoms with Crippen LogP contribution >= 0.6 is 0 Å². The zero-order valence-corrected chi connectivity index (χ0v) is 21.7. The fourth-order valence-corrected chi connectivity index (χ4v) is 3.83. The smallest absolute Gasteiger partial charge is 0.338 e. The average Bonchev–Trinajstić information content (AvgIpc) is 3.18. The van der Waals surface area contributed by atoms with Gasteiger partial charge in [-0.1, -0.05) is 13.2 Å². The van der Waals surface area contributed by atoms with Crippen molar-refractivity contribution in [2.75, 3.05) is 6.61 Å². The van der Waals surface area contributed by atoms with Crippen molar-refractivity contribution in [2.45, 2.75) is 84.5 Å². The van der Waals surface area contributed by atoms with Gasteiger partial charge in [0.05, 0.1) is 34.7 Å². The number of esters is 2. The van der Waals surface area contributed by atoms with E-state index in [2.05, 4.69) is 18.9 Å². The summed E-state index contributed by atoms with van der Waals surface area (Å²) >= 11 is 0. The number of non-ortho nitro benzene ring substituents is 1. The number of hydrogen-bond donors (Lipinski definition) is 0. The van der Waals surface area contributed by atoms with Crippen molar-refractivity contribution in [3.8, 4) is 0 Å². The molecule has 0 aliphatic carbocycles. The van der Waals surface area contributed by atoms with E-state index in [0.29, 0.717) is 32.3 Å². The molecule has 1 heterocycles. The van der Waals surface area contributed by atoms with Crippen molar-refractivity contribution in [1.29, 1.82) is 0 Å². The summed E-state index contributed by atoms with van der Waals surface area (Å²) in [5.41, 5.74) is 4.35. The zero-order chi connectivity index (χ0) is 26.9. The molecule has 36 heavy (non-hydrogen) atoms. The van der Waals surface area contributed by atoms with Gasteiger partial charge in [-0.05, 0) is 83.1 Å². The first kappa shape index (κ1) is 29.0. The van der Waals surface area contributed by atoms with Gasteiger partial charge < -0.3 is 14.2 Å². The minimum absolute atomic E-state index is 0.0201. The highest BCUT2D eigenvalue weighted by Crippen LogP contribution is 2.31. The van der Waals surface area contributed by atoms with Crippen LogP contribution in [0, 0.1) is 15.5 Å². The summed E-state index contributed by atoms with van der Waals surface area (Å²) in [6, 6.07) is 5.33. The molecule has 1 saturated heterocycles. The maximum Gasteiger partial charge on any atom is 0.338 e. The van der Waals surface area contributed by atoms with Crippen LogP contribution in [0.1, 0.15) is 76.6 Å². The summed E-state index contributed by atoms with van der Waals surface area (Å²) in [6.45, 7) is 15.5. The Morgan fingerprint density at radius 3 is 2.50 bits per heavy atom. The van der Waals surface area contributed by atoms with Gasteiger partial charge in [-0.15, -0.1) is 5.73 Å². The summed E-state index contributed by atoms with van der Waals surface area (Å²) < 4.78 is 17.2. The molecule has 8 nitrogen and oxygen atoms in total. The number of nitro groups is 1. The lowest BCUT2D eigenvalue weighted by Crippen LogP contribution is -2.23. The third kappa shape index (κ3) is 9.10. The lowest BCUT2D eigenvalue weighted by Gasteiger charge is -2.21. The van der Waals surface area contributed by atoms with Gasteiger partial charge in [0, 0.05) is 18.6 Å². The molecule has 1 aromatic rings. The number of ether oxygens (including phenoxy) is 3. The highest BCUT2D eigenvalue weighted by Gasteiger charge is 2.30. The van der Waals surface area contributed by atoms with Crippen LogP contribution in [0.4, 0.5) is 5.69 Å². The molecule has 0 N–H and O–H groups in total. The van der Waals surface area contributed by atoms with E-state index in [1.54, 1.807) is 0 Å². The van der Waals surface area contributed by atoms with Crippen LogP contribution in [0.2, 0.25) is 0 Å². The molecule has 0 saturated carbocycles. The summed E-state index contributed by atoms with van der Waals surface area (Å²) in [4.78, 5) is 34.9. The Morgan fingerprint density at radius 1 is 1.25 bits per heavy atom. The Balaban J connectivity index is 1.88. The minimum atomic E-state index is -0.541.